The number of rotatable bonds is 1. The minimum atomic E-state index is -0.677. The van der Waals surface area contributed by atoms with E-state index in [9.17, 15) is 14.9 Å². The molecule has 6 nitrogen and oxygen atoms in total. The molecule has 0 aromatic carbocycles. The molecular weight excluding hydrogens is 230 g/mol. The lowest BCUT2D eigenvalue weighted by Gasteiger charge is -1.98. The van der Waals surface area contributed by atoms with Crippen LogP contribution in [0.3, 0.4) is 0 Å². The van der Waals surface area contributed by atoms with E-state index in [0.717, 1.165) is 4.88 Å². The van der Waals surface area contributed by atoms with Crippen LogP contribution in [0.15, 0.2) is 4.79 Å². The molecule has 0 aliphatic carbocycles. The van der Waals surface area contributed by atoms with Crippen molar-refractivity contribution in [2.45, 2.75) is 20.8 Å². The summed E-state index contributed by atoms with van der Waals surface area (Å²) in [6, 6.07) is 0. The van der Waals surface area contributed by atoms with Crippen LogP contribution in [0.5, 0.6) is 0 Å². The maximum atomic E-state index is 11.9. The van der Waals surface area contributed by atoms with Crippen LogP contribution in [-0.4, -0.2) is 14.3 Å². The van der Waals surface area contributed by atoms with Gasteiger partial charge in [0.1, 0.15) is 5.69 Å². The minimum absolute atomic E-state index is 0.163. The Kier molecular flexibility index (Phi) is 2.27. The average Bonchev–Trinajstić information content (AvgIpc) is 2.41. The summed E-state index contributed by atoms with van der Waals surface area (Å²) >= 11 is 1.36. The Balaban J connectivity index is 3.03. The molecule has 0 atom stereocenters. The van der Waals surface area contributed by atoms with Gasteiger partial charge in [0, 0.05) is 10.6 Å². The molecule has 0 radical (unpaired) electrons. The zero-order valence-electron chi connectivity index (χ0n) is 8.97. The Bertz CT molecular complexity index is 656. The van der Waals surface area contributed by atoms with Crippen LogP contribution in [0.1, 0.15) is 16.3 Å². The maximum absolute atomic E-state index is 11.9. The summed E-state index contributed by atoms with van der Waals surface area (Å²) in [5.74, 6) is 0. The number of hydrogen-bond donors (Lipinski definition) is 0. The molecule has 84 valence electrons. The lowest BCUT2D eigenvalue weighted by atomic mass is 10.3. The van der Waals surface area contributed by atoms with Crippen molar-refractivity contribution in [2.24, 2.45) is 0 Å². The quantitative estimate of drug-likeness (QED) is 0.559. The van der Waals surface area contributed by atoms with E-state index in [1.807, 2.05) is 6.92 Å². The van der Waals surface area contributed by atoms with Gasteiger partial charge in [-0.2, -0.15) is 0 Å². The minimum Gasteiger partial charge on any atom is -0.261 e. The first kappa shape index (κ1) is 10.7. The van der Waals surface area contributed by atoms with Crippen molar-refractivity contribution in [3.05, 3.63) is 36.7 Å². The van der Waals surface area contributed by atoms with Crippen molar-refractivity contribution in [1.82, 2.24) is 9.38 Å². The number of hydrogen-bond acceptors (Lipinski definition) is 5. The largest absolute Gasteiger partial charge is 0.355 e. The van der Waals surface area contributed by atoms with E-state index in [4.69, 9.17) is 0 Å². The van der Waals surface area contributed by atoms with Gasteiger partial charge in [0.25, 0.3) is 0 Å². The van der Waals surface area contributed by atoms with Gasteiger partial charge in [-0.1, -0.05) is 0 Å². The molecule has 2 aromatic heterocycles. The number of nitro groups is 1. The molecule has 0 N–H and O–H groups in total. The summed E-state index contributed by atoms with van der Waals surface area (Å²) in [6.07, 6.45) is 0. The van der Waals surface area contributed by atoms with Crippen LogP contribution in [0.25, 0.3) is 4.96 Å². The Hall–Kier alpha value is -1.76. The van der Waals surface area contributed by atoms with Gasteiger partial charge < -0.3 is 0 Å². The number of aromatic nitrogens is 2. The topological polar surface area (TPSA) is 77.5 Å². The summed E-state index contributed by atoms with van der Waals surface area (Å²) in [5.41, 5.74) is -0.176. The van der Waals surface area contributed by atoms with E-state index in [-0.39, 0.29) is 5.69 Å². The standard InChI is InChI=1S/C9H9N3O3S/c1-4-7(12(14)15)8(13)11-5(2)6(3)16-9(11)10-4/h1-3H3. The molecule has 0 saturated heterocycles. The van der Waals surface area contributed by atoms with Gasteiger partial charge in [-0.15, -0.1) is 11.3 Å². The van der Waals surface area contributed by atoms with Crippen LogP contribution in [-0.2, 0) is 0 Å². The highest BCUT2D eigenvalue weighted by Crippen LogP contribution is 2.21. The van der Waals surface area contributed by atoms with Gasteiger partial charge >= 0.3 is 11.2 Å². The molecule has 2 rings (SSSR count). The molecule has 0 unspecified atom stereocenters. The molecule has 0 saturated carbocycles. The van der Waals surface area contributed by atoms with E-state index in [2.05, 4.69) is 4.98 Å². The van der Waals surface area contributed by atoms with Gasteiger partial charge in [-0.05, 0) is 20.8 Å². The molecule has 2 heterocycles. The second kappa shape index (κ2) is 3.38. The van der Waals surface area contributed by atoms with Crippen LogP contribution in [0.2, 0.25) is 0 Å². The molecule has 2 aromatic rings. The molecule has 0 bridgehead atoms. The second-order valence-electron chi connectivity index (χ2n) is 3.47. The summed E-state index contributed by atoms with van der Waals surface area (Å²) < 4.78 is 1.30. The highest BCUT2D eigenvalue weighted by Gasteiger charge is 2.22. The predicted molar refractivity (Wildman–Crippen MR) is 60.2 cm³/mol. The number of aryl methyl sites for hydroxylation is 3. The zero-order chi connectivity index (χ0) is 12.0. The summed E-state index contributed by atoms with van der Waals surface area (Å²) in [5, 5.41) is 10.8. The third kappa shape index (κ3) is 1.32. The normalized spacial score (nSPS) is 10.9. The third-order valence-corrected chi connectivity index (χ3v) is 3.53. The fraction of sp³-hybridized carbons (Fsp3) is 0.333. The van der Waals surface area contributed by atoms with E-state index in [1.54, 1.807) is 6.92 Å². The average molecular weight is 239 g/mol. The van der Waals surface area contributed by atoms with Gasteiger partial charge in [0.05, 0.1) is 4.92 Å². The third-order valence-electron chi connectivity index (χ3n) is 2.47. The van der Waals surface area contributed by atoms with Crippen molar-refractivity contribution in [3.8, 4) is 0 Å². The zero-order valence-corrected chi connectivity index (χ0v) is 9.79. The van der Waals surface area contributed by atoms with E-state index in [1.165, 1.54) is 22.7 Å². The van der Waals surface area contributed by atoms with Crippen LogP contribution >= 0.6 is 11.3 Å². The Morgan fingerprint density at radius 3 is 2.56 bits per heavy atom. The monoisotopic (exact) mass is 239 g/mol. The lowest BCUT2D eigenvalue weighted by molar-refractivity contribution is -0.387. The summed E-state index contributed by atoms with van der Waals surface area (Å²) in [7, 11) is 0. The van der Waals surface area contributed by atoms with Gasteiger partial charge in [0.15, 0.2) is 4.96 Å². The molecule has 0 aliphatic heterocycles. The first-order valence-electron chi connectivity index (χ1n) is 4.57. The number of thiazole rings is 1. The van der Waals surface area contributed by atoms with Gasteiger partial charge in [-0.3, -0.25) is 14.9 Å². The highest BCUT2D eigenvalue weighted by atomic mass is 32.1. The van der Waals surface area contributed by atoms with Crippen molar-refractivity contribution in [2.75, 3.05) is 0 Å². The molecule has 0 fully saturated rings. The molecule has 0 aliphatic rings. The molecule has 16 heavy (non-hydrogen) atoms. The Morgan fingerprint density at radius 1 is 1.38 bits per heavy atom. The van der Waals surface area contributed by atoms with E-state index in [0.29, 0.717) is 10.7 Å². The van der Waals surface area contributed by atoms with Gasteiger partial charge in [-0.25, -0.2) is 9.38 Å². The van der Waals surface area contributed by atoms with E-state index < -0.39 is 16.2 Å². The molecule has 7 heteroatoms. The highest BCUT2D eigenvalue weighted by molar-refractivity contribution is 7.17. The molecular formula is C9H9N3O3S. The number of nitrogens with zero attached hydrogens (tertiary/aromatic N) is 3. The Labute approximate surface area is 94.3 Å². The second-order valence-corrected chi connectivity index (χ2v) is 4.65. The summed E-state index contributed by atoms with van der Waals surface area (Å²) in [4.78, 5) is 27.5. The Morgan fingerprint density at radius 2 is 2.00 bits per heavy atom. The van der Waals surface area contributed by atoms with Gasteiger partial charge in [0.2, 0.25) is 0 Å². The van der Waals surface area contributed by atoms with Crippen molar-refractivity contribution in [3.63, 3.8) is 0 Å². The van der Waals surface area contributed by atoms with Crippen LogP contribution in [0, 0.1) is 30.9 Å². The fourth-order valence-corrected chi connectivity index (χ4v) is 2.54. The maximum Gasteiger partial charge on any atom is 0.355 e. The van der Waals surface area contributed by atoms with Crippen molar-refractivity contribution >= 4 is 22.0 Å². The van der Waals surface area contributed by atoms with Crippen LogP contribution in [0.4, 0.5) is 5.69 Å². The first-order chi connectivity index (χ1) is 7.43. The van der Waals surface area contributed by atoms with E-state index >= 15 is 0 Å². The summed E-state index contributed by atoms with van der Waals surface area (Å²) in [6.45, 7) is 5.08. The first-order valence-corrected chi connectivity index (χ1v) is 5.39. The molecule has 0 amide bonds. The predicted octanol–water partition coefficient (Wildman–Crippen LogP) is 1.59. The van der Waals surface area contributed by atoms with Crippen molar-refractivity contribution < 1.29 is 4.92 Å². The van der Waals surface area contributed by atoms with Crippen molar-refractivity contribution in [1.29, 1.82) is 0 Å². The lowest BCUT2D eigenvalue weighted by Crippen LogP contribution is -2.20. The van der Waals surface area contributed by atoms with Crippen LogP contribution < -0.4 is 5.56 Å². The fourth-order valence-electron chi connectivity index (χ4n) is 1.54. The SMILES string of the molecule is Cc1nc2sc(C)c(C)n2c(=O)c1[N+](=O)[O-]. The molecule has 0 spiro atoms. The number of fused-ring (bicyclic) bond motifs is 1. The smallest absolute Gasteiger partial charge is 0.261 e.